The second kappa shape index (κ2) is 6.26. The molecule has 0 amide bonds. The number of benzene rings is 1. The molecular weight excluding hydrogens is 278 g/mol. The lowest BCUT2D eigenvalue weighted by molar-refractivity contribution is -0.145. The van der Waals surface area contributed by atoms with Crippen LogP contribution in [0, 0.1) is 13.8 Å². The lowest BCUT2D eigenvalue weighted by atomic mass is 10.1. The van der Waals surface area contributed by atoms with E-state index in [1.165, 1.54) is 0 Å². The molecule has 0 aliphatic rings. The highest BCUT2D eigenvalue weighted by Crippen LogP contribution is 2.21. The zero-order valence-corrected chi connectivity index (χ0v) is 13.3. The van der Waals surface area contributed by atoms with E-state index >= 15 is 0 Å². The molecule has 0 N–H and O–H groups in total. The number of nitrogens with zero attached hydrogens (tertiary/aromatic N) is 1. The Labute approximate surface area is 120 Å². The standard InChI is InChI=1S/C14H21NO4S/c1-10(2)19-14(16)9-15(20(5,17)18)13-7-11(3)6-12(4)8-13/h6-8,10H,9H2,1-5H3. The predicted molar refractivity (Wildman–Crippen MR) is 79.3 cm³/mol. The van der Waals surface area contributed by atoms with Gasteiger partial charge in [0.2, 0.25) is 10.0 Å². The first kappa shape index (κ1) is 16.5. The molecule has 1 rings (SSSR count). The fourth-order valence-corrected chi connectivity index (χ4v) is 2.74. The second-order valence-electron chi connectivity index (χ2n) is 5.15. The van der Waals surface area contributed by atoms with Gasteiger partial charge in [-0.05, 0) is 51.0 Å². The molecule has 0 saturated carbocycles. The molecule has 1 aromatic carbocycles. The number of carbonyl (C=O) groups excluding carboxylic acids is 1. The summed E-state index contributed by atoms with van der Waals surface area (Å²) in [4.78, 5) is 11.7. The lowest BCUT2D eigenvalue weighted by Crippen LogP contribution is -2.36. The summed E-state index contributed by atoms with van der Waals surface area (Å²) in [5.41, 5.74) is 2.35. The van der Waals surface area contributed by atoms with Crippen LogP contribution in [-0.2, 0) is 19.6 Å². The van der Waals surface area contributed by atoms with Gasteiger partial charge in [0.1, 0.15) is 6.54 Å². The Morgan fingerprint density at radius 1 is 1.20 bits per heavy atom. The van der Waals surface area contributed by atoms with Gasteiger partial charge in [0, 0.05) is 0 Å². The first-order chi connectivity index (χ1) is 9.09. The molecule has 20 heavy (non-hydrogen) atoms. The fourth-order valence-electron chi connectivity index (χ4n) is 1.91. The van der Waals surface area contributed by atoms with Crippen LogP contribution in [0.15, 0.2) is 18.2 Å². The Balaban J connectivity index is 3.11. The Kier molecular flexibility index (Phi) is 5.16. The number of carbonyl (C=O) groups is 1. The average Bonchev–Trinajstić information content (AvgIpc) is 2.21. The summed E-state index contributed by atoms with van der Waals surface area (Å²) in [5, 5.41) is 0. The van der Waals surface area contributed by atoms with Gasteiger partial charge in [0.15, 0.2) is 0 Å². The molecule has 0 unspecified atom stereocenters. The second-order valence-corrected chi connectivity index (χ2v) is 7.06. The molecule has 0 spiro atoms. The number of rotatable bonds is 5. The minimum Gasteiger partial charge on any atom is -0.462 e. The van der Waals surface area contributed by atoms with Crippen LogP contribution in [0.2, 0.25) is 0 Å². The number of hydrogen-bond acceptors (Lipinski definition) is 4. The van der Waals surface area contributed by atoms with E-state index in [-0.39, 0.29) is 12.6 Å². The molecule has 0 atom stereocenters. The van der Waals surface area contributed by atoms with Gasteiger partial charge in [0.25, 0.3) is 0 Å². The number of hydrogen-bond donors (Lipinski definition) is 0. The SMILES string of the molecule is Cc1cc(C)cc(N(CC(=O)OC(C)C)S(C)(=O)=O)c1. The predicted octanol–water partition coefficient (Wildman–Crippen LogP) is 2.02. The van der Waals surface area contributed by atoms with Gasteiger partial charge in [-0.25, -0.2) is 8.42 Å². The molecule has 0 bridgehead atoms. The summed E-state index contributed by atoms with van der Waals surface area (Å²) < 4.78 is 29.9. The zero-order valence-electron chi connectivity index (χ0n) is 12.5. The largest absolute Gasteiger partial charge is 0.462 e. The maximum absolute atomic E-state index is 11.9. The molecule has 6 heteroatoms. The number of ether oxygens (including phenoxy) is 1. The van der Waals surface area contributed by atoms with Crippen molar-refractivity contribution in [3.63, 3.8) is 0 Å². The van der Waals surface area contributed by atoms with Crippen molar-refractivity contribution in [1.82, 2.24) is 0 Å². The van der Waals surface area contributed by atoms with E-state index in [9.17, 15) is 13.2 Å². The molecule has 0 heterocycles. The highest BCUT2D eigenvalue weighted by atomic mass is 32.2. The summed E-state index contributed by atoms with van der Waals surface area (Å²) in [6.07, 6.45) is 0.802. The number of anilines is 1. The quantitative estimate of drug-likeness (QED) is 0.780. The van der Waals surface area contributed by atoms with Crippen molar-refractivity contribution in [1.29, 1.82) is 0 Å². The van der Waals surface area contributed by atoms with Gasteiger partial charge in [-0.15, -0.1) is 0 Å². The summed E-state index contributed by atoms with van der Waals surface area (Å²) in [6.45, 7) is 6.88. The molecular formula is C14H21NO4S. The number of aryl methyl sites for hydroxylation is 2. The first-order valence-corrected chi connectivity index (χ1v) is 8.20. The Morgan fingerprint density at radius 3 is 2.10 bits per heavy atom. The molecule has 0 aliphatic heterocycles. The first-order valence-electron chi connectivity index (χ1n) is 6.35. The molecule has 0 saturated heterocycles. The van der Waals surface area contributed by atoms with E-state index < -0.39 is 16.0 Å². The van der Waals surface area contributed by atoms with Crippen LogP contribution in [0.4, 0.5) is 5.69 Å². The van der Waals surface area contributed by atoms with Crippen molar-refractivity contribution in [2.75, 3.05) is 17.1 Å². The molecule has 0 aromatic heterocycles. The van der Waals surface area contributed by atoms with Crippen LogP contribution >= 0.6 is 0 Å². The molecule has 0 radical (unpaired) electrons. The molecule has 5 nitrogen and oxygen atoms in total. The van der Waals surface area contributed by atoms with Crippen molar-refractivity contribution in [2.45, 2.75) is 33.8 Å². The Hall–Kier alpha value is -1.56. The molecule has 112 valence electrons. The smallest absolute Gasteiger partial charge is 0.327 e. The highest BCUT2D eigenvalue weighted by Gasteiger charge is 2.22. The van der Waals surface area contributed by atoms with E-state index in [1.54, 1.807) is 26.0 Å². The van der Waals surface area contributed by atoms with Crippen LogP contribution in [0.5, 0.6) is 0 Å². The van der Waals surface area contributed by atoms with Gasteiger partial charge in [0.05, 0.1) is 18.0 Å². The van der Waals surface area contributed by atoms with E-state index in [0.717, 1.165) is 21.7 Å². The van der Waals surface area contributed by atoms with E-state index in [2.05, 4.69) is 0 Å². The Bertz CT molecular complexity index is 573. The fraction of sp³-hybridized carbons (Fsp3) is 0.500. The van der Waals surface area contributed by atoms with E-state index in [4.69, 9.17) is 4.74 Å². The van der Waals surface area contributed by atoms with Crippen molar-refractivity contribution in [3.05, 3.63) is 29.3 Å². The molecule has 1 aromatic rings. The van der Waals surface area contributed by atoms with Crippen LogP contribution in [0.1, 0.15) is 25.0 Å². The van der Waals surface area contributed by atoms with Crippen molar-refractivity contribution in [2.24, 2.45) is 0 Å². The maximum Gasteiger partial charge on any atom is 0.327 e. The van der Waals surface area contributed by atoms with Crippen molar-refractivity contribution < 1.29 is 17.9 Å². The van der Waals surface area contributed by atoms with Gasteiger partial charge in [-0.3, -0.25) is 9.10 Å². The van der Waals surface area contributed by atoms with Crippen molar-refractivity contribution in [3.8, 4) is 0 Å². The summed E-state index contributed by atoms with van der Waals surface area (Å²) in [6, 6.07) is 5.41. The number of sulfonamides is 1. The maximum atomic E-state index is 11.9. The van der Waals surface area contributed by atoms with Gasteiger partial charge >= 0.3 is 5.97 Å². The monoisotopic (exact) mass is 299 g/mol. The minimum absolute atomic E-state index is 0.275. The third-order valence-electron chi connectivity index (χ3n) is 2.53. The average molecular weight is 299 g/mol. The minimum atomic E-state index is -3.55. The molecule has 0 aliphatic carbocycles. The Morgan fingerprint density at radius 2 is 1.70 bits per heavy atom. The summed E-state index contributed by atoms with van der Waals surface area (Å²) >= 11 is 0. The van der Waals surface area contributed by atoms with E-state index in [0.29, 0.717) is 5.69 Å². The summed E-state index contributed by atoms with van der Waals surface area (Å²) in [7, 11) is -3.55. The highest BCUT2D eigenvalue weighted by molar-refractivity contribution is 7.92. The van der Waals surface area contributed by atoms with E-state index in [1.807, 2.05) is 19.9 Å². The summed E-state index contributed by atoms with van der Waals surface area (Å²) in [5.74, 6) is -0.565. The zero-order chi connectivity index (χ0) is 15.5. The third-order valence-corrected chi connectivity index (χ3v) is 3.68. The molecule has 0 fully saturated rings. The van der Waals surface area contributed by atoms with Crippen LogP contribution in [-0.4, -0.2) is 33.3 Å². The number of esters is 1. The van der Waals surface area contributed by atoms with Gasteiger partial charge < -0.3 is 4.74 Å². The van der Waals surface area contributed by atoms with Crippen LogP contribution < -0.4 is 4.31 Å². The lowest BCUT2D eigenvalue weighted by Gasteiger charge is -2.23. The normalized spacial score (nSPS) is 11.5. The third kappa shape index (κ3) is 4.85. The van der Waals surface area contributed by atoms with Gasteiger partial charge in [-0.2, -0.15) is 0 Å². The topological polar surface area (TPSA) is 63.7 Å². The van der Waals surface area contributed by atoms with Gasteiger partial charge in [-0.1, -0.05) is 6.07 Å². The van der Waals surface area contributed by atoms with Crippen LogP contribution in [0.3, 0.4) is 0 Å². The van der Waals surface area contributed by atoms with Crippen molar-refractivity contribution >= 4 is 21.7 Å². The van der Waals surface area contributed by atoms with Crippen LogP contribution in [0.25, 0.3) is 0 Å².